The number of hydrogen-bond donors (Lipinski definition) is 2. The van der Waals surface area contributed by atoms with Crippen LogP contribution in [0.3, 0.4) is 0 Å². The van der Waals surface area contributed by atoms with Crippen molar-refractivity contribution in [2.45, 2.75) is 11.7 Å². The Morgan fingerprint density at radius 3 is 2.94 bits per heavy atom. The molecule has 7 heteroatoms. The largest absolute Gasteiger partial charge is 0.422 e. The van der Waals surface area contributed by atoms with Crippen LogP contribution in [0.15, 0.2) is 63.8 Å². The molecule has 3 saturated heterocycles. The number of morpholine rings is 1. The quantitative estimate of drug-likeness (QED) is 0.614. The van der Waals surface area contributed by atoms with Crippen molar-refractivity contribution in [2.75, 3.05) is 32.8 Å². The minimum absolute atomic E-state index is 0.00598. The average molecular weight is 432 g/mol. The maximum Gasteiger partial charge on any atom is 0.344 e. The van der Waals surface area contributed by atoms with E-state index in [2.05, 4.69) is 5.32 Å². The molecule has 3 aliphatic heterocycles. The van der Waals surface area contributed by atoms with Crippen LogP contribution in [0, 0.1) is 11.8 Å². The highest BCUT2D eigenvalue weighted by Gasteiger charge is 2.61. The van der Waals surface area contributed by atoms with Gasteiger partial charge in [0.2, 0.25) is 0 Å². The lowest BCUT2D eigenvalue weighted by molar-refractivity contribution is -0.0726. The van der Waals surface area contributed by atoms with E-state index >= 15 is 0 Å². The monoisotopic (exact) mass is 432 g/mol. The third kappa shape index (κ3) is 2.92. The van der Waals surface area contributed by atoms with Gasteiger partial charge in [-0.2, -0.15) is 0 Å². The second-order valence-electron chi connectivity index (χ2n) is 9.06. The van der Waals surface area contributed by atoms with Gasteiger partial charge in [-0.1, -0.05) is 30.3 Å². The molecule has 1 spiro atoms. The number of aliphatic hydroxyl groups is 1. The van der Waals surface area contributed by atoms with E-state index in [-0.39, 0.29) is 30.5 Å². The molecule has 2 aromatic carbocycles. The van der Waals surface area contributed by atoms with Crippen molar-refractivity contribution in [3.05, 3.63) is 70.6 Å². The molecule has 3 fully saturated rings. The molecule has 1 aromatic heterocycles. The second-order valence-corrected chi connectivity index (χ2v) is 9.06. The zero-order chi connectivity index (χ0) is 21.9. The van der Waals surface area contributed by atoms with Gasteiger partial charge in [-0.15, -0.1) is 0 Å². The number of amides is 1. The van der Waals surface area contributed by atoms with Gasteiger partial charge in [0.25, 0.3) is 5.91 Å². The summed E-state index contributed by atoms with van der Waals surface area (Å²) in [7, 11) is 0. The smallest absolute Gasteiger partial charge is 0.344 e. The topological polar surface area (TPSA) is 92.0 Å². The Bertz CT molecular complexity index is 1270. The third-order valence-electron chi connectivity index (χ3n) is 7.26. The fraction of sp³-hybridized carbons (Fsp3) is 0.360. The number of nitrogens with zero attached hydrogens (tertiary/aromatic N) is 1. The van der Waals surface area contributed by atoms with Crippen molar-refractivity contribution in [1.29, 1.82) is 0 Å². The first-order valence-corrected chi connectivity index (χ1v) is 11.0. The summed E-state index contributed by atoms with van der Waals surface area (Å²) >= 11 is 0. The van der Waals surface area contributed by atoms with Crippen molar-refractivity contribution in [2.24, 2.45) is 11.8 Å². The van der Waals surface area contributed by atoms with Crippen LogP contribution in [0.1, 0.15) is 10.4 Å². The molecule has 3 aromatic rings. The van der Waals surface area contributed by atoms with E-state index in [0.717, 1.165) is 11.9 Å². The summed E-state index contributed by atoms with van der Waals surface area (Å²) in [6.45, 7) is 2.55. The molecule has 2 N–H and O–H groups in total. The minimum atomic E-state index is -0.429. The Kier molecular flexibility index (Phi) is 4.47. The number of carbonyl (C=O) groups excluding carboxylic acids is 1. The standard InChI is InChI=1S/C25H24N2O5/c28-12-19-20-11-27(14-25(20)13-26-10-22(19)32-25)23(29)17-6-3-5-15(8-17)18-9-16-4-1-2-7-21(16)31-24(18)30/h1-9,19-20,22,26,28H,10-14H2/t19-,20+,22+,25+/m0/s1. The van der Waals surface area contributed by atoms with E-state index in [1.807, 2.05) is 29.2 Å². The van der Waals surface area contributed by atoms with Gasteiger partial charge >= 0.3 is 5.63 Å². The first-order valence-electron chi connectivity index (χ1n) is 11.0. The van der Waals surface area contributed by atoms with Crippen LogP contribution in [0.25, 0.3) is 22.1 Å². The highest BCUT2D eigenvalue weighted by Crippen LogP contribution is 2.47. The van der Waals surface area contributed by atoms with E-state index in [9.17, 15) is 14.7 Å². The molecule has 32 heavy (non-hydrogen) atoms. The lowest BCUT2D eigenvalue weighted by Crippen LogP contribution is -2.52. The lowest BCUT2D eigenvalue weighted by atomic mass is 9.83. The molecule has 2 bridgehead atoms. The SMILES string of the molecule is O=C(c1cccc(-c2cc3ccccc3oc2=O)c1)N1C[C@@H]2[C@H](CO)[C@H]3CNC[C@]2(C1)O3. The molecule has 7 nitrogen and oxygen atoms in total. The highest BCUT2D eigenvalue weighted by atomic mass is 16.5. The number of ether oxygens (including phenoxy) is 1. The number of nitrogens with one attached hydrogen (secondary N) is 1. The molecule has 1 amide bonds. The van der Waals surface area contributed by atoms with Crippen LogP contribution in [0.4, 0.5) is 0 Å². The maximum atomic E-state index is 13.4. The van der Waals surface area contributed by atoms with Gasteiger partial charge in [0.15, 0.2) is 0 Å². The van der Waals surface area contributed by atoms with E-state index < -0.39 is 11.2 Å². The summed E-state index contributed by atoms with van der Waals surface area (Å²) in [5.74, 6) is 0.0618. The Morgan fingerprint density at radius 1 is 1.19 bits per heavy atom. The molecular weight excluding hydrogens is 408 g/mol. The predicted octanol–water partition coefficient (Wildman–Crippen LogP) is 1.88. The Labute approximate surface area is 184 Å². The number of para-hydroxylation sites is 1. The Hall–Kier alpha value is -3.00. The van der Waals surface area contributed by atoms with Crippen LogP contribution >= 0.6 is 0 Å². The van der Waals surface area contributed by atoms with Crippen LogP contribution < -0.4 is 10.9 Å². The van der Waals surface area contributed by atoms with Gasteiger partial charge in [-0.25, -0.2) is 4.79 Å². The molecule has 6 rings (SSSR count). The Balaban J connectivity index is 1.31. The Morgan fingerprint density at radius 2 is 2.06 bits per heavy atom. The number of carbonyl (C=O) groups is 1. The molecule has 0 aliphatic carbocycles. The summed E-state index contributed by atoms with van der Waals surface area (Å²) in [4.78, 5) is 27.8. The summed E-state index contributed by atoms with van der Waals surface area (Å²) < 4.78 is 11.8. The van der Waals surface area contributed by atoms with Crippen LogP contribution in [-0.2, 0) is 4.74 Å². The summed E-state index contributed by atoms with van der Waals surface area (Å²) in [5, 5.41) is 14.1. The van der Waals surface area contributed by atoms with E-state index in [1.165, 1.54) is 0 Å². The zero-order valence-corrected chi connectivity index (χ0v) is 17.5. The van der Waals surface area contributed by atoms with Crippen LogP contribution in [-0.4, -0.2) is 60.4 Å². The van der Waals surface area contributed by atoms with Crippen molar-refractivity contribution < 1.29 is 19.1 Å². The lowest BCUT2D eigenvalue weighted by Gasteiger charge is -2.33. The van der Waals surface area contributed by atoms with E-state index in [1.54, 1.807) is 30.3 Å². The maximum absolute atomic E-state index is 13.4. The molecule has 0 radical (unpaired) electrons. The number of aliphatic hydroxyl groups excluding tert-OH is 1. The van der Waals surface area contributed by atoms with Crippen molar-refractivity contribution in [3.8, 4) is 11.1 Å². The van der Waals surface area contributed by atoms with Crippen LogP contribution in [0.2, 0.25) is 0 Å². The van der Waals surface area contributed by atoms with Gasteiger partial charge in [-0.3, -0.25) is 4.79 Å². The average Bonchev–Trinajstić information content (AvgIpc) is 3.25. The molecule has 4 atom stereocenters. The van der Waals surface area contributed by atoms with Crippen molar-refractivity contribution >= 4 is 16.9 Å². The van der Waals surface area contributed by atoms with Gasteiger partial charge in [0.1, 0.15) is 11.2 Å². The number of fused-ring (bicyclic) bond motifs is 2. The van der Waals surface area contributed by atoms with Crippen molar-refractivity contribution in [1.82, 2.24) is 10.2 Å². The van der Waals surface area contributed by atoms with Crippen LogP contribution in [0.5, 0.6) is 0 Å². The normalized spacial score (nSPS) is 28.8. The first kappa shape index (κ1) is 19.7. The highest BCUT2D eigenvalue weighted by molar-refractivity contribution is 5.96. The number of hydrogen-bond acceptors (Lipinski definition) is 6. The fourth-order valence-electron chi connectivity index (χ4n) is 5.72. The van der Waals surface area contributed by atoms with Gasteiger partial charge < -0.3 is 24.5 Å². The first-order chi connectivity index (χ1) is 15.6. The van der Waals surface area contributed by atoms with E-state index in [4.69, 9.17) is 9.15 Å². The molecule has 4 heterocycles. The third-order valence-corrected chi connectivity index (χ3v) is 7.26. The molecule has 0 unspecified atom stereocenters. The summed E-state index contributed by atoms with van der Waals surface area (Å²) in [5.41, 5.74) is 1.28. The summed E-state index contributed by atoms with van der Waals surface area (Å²) in [6.07, 6.45) is 0.00598. The number of likely N-dealkylation sites (tertiary alicyclic amines) is 1. The van der Waals surface area contributed by atoms with Gasteiger partial charge in [0.05, 0.1) is 18.2 Å². The fourth-order valence-corrected chi connectivity index (χ4v) is 5.72. The molecule has 0 saturated carbocycles. The minimum Gasteiger partial charge on any atom is -0.422 e. The predicted molar refractivity (Wildman–Crippen MR) is 118 cm³/mol. The number of rotatable bonds is 3. The zero-order valence-electron chi connectivity index (χ0n) is 17.5. The van der Waals surface area contributed by atoms with Gasteiger partial charge in [-0.05, 0) is 29.8 Å². The van der Waals surface area contributed by atoms with Gasteiger partial charge in [0, 0.05) is 49.0 Å². The van der Waals surface area contributed by atoms with Crippen molar-refractivity contribution in [3.63, 3.8) is 0 Å². The molecule has 164 valence electrons. The molecule has 3 aliphatic rings. The van der Waals surface area contributed by atoms with E-state index in [0.29, 0.717) is 41.9 Å². The molecular formula is C25H24N2O5. The second kappa shape index (κ2) is 7.27. The number of benzene rings is 2. The summed E-state index contributed by atoms with van der Waals surface area (Å²) in [6, 6.07) is 16.3.